The minimum atomic E-state index is -3.89. The van der Waals surface area contributed by atoms with Gasteiger partial charge >= 0.3 is 15.5 Å². The molecule has 0 fully saturated rings. The van der Waals surface area contributed by atoms with Crippen LogP contribution in [0.15, 0.2) is 186 Å². The van der Waals surface area contributed by atoms with Gasteiger partial charge in [-0.3, -0.25) is 0 Å². The molecule has 0 saturated heterocycles. The van der Waals surface area contributed by atoms with Gasteiger partial charge in [0.2, 0.25) is 0 Å². The summed E-state index contributed by atoms with van der Waals surface area (Å²) in [6.07, 6.45) is 16.2. The first-order valence-corrected chi connectivity index (χ1v) is 19.9. The number of rotatable bonds is 17. The normalized spacial score (nSPS) is 12.7. The van der Waals surface area contributed by atoms with Crippen molar-refractivity contribution in [2.45, 2.75) is 34.1 Å². The fourth-order valence-electron chi connectivity index (χ4n) is 4.50. The van der Waals surface area contributed by atoms with Crippen LogP contribution in [-0.2, 0) is 9.13 Å². The van der Waals surface area contributed by atoms with Crippen molar-refractivity contribution >= 4 is 21.7 Å². The minimum Gasteiger partial charge on any atom is -0.405 e. The summed E-state index contributed by atoms with van der Waals surface area (Å²) < 4.78 is 52.5. The monoisotopic (exact) mass is 738 g/mol. The van der Waals surface area contributed by atoms with Crippen LogP contribution >= 0.6 is 15.5 Å². The molecular weight excluding hydrogens is 690 g/mol. The van der Waals surface area contributed by atoms with Crippen LogP contribution in [0.3, 0.4) is 0 Å². The Kier molecular flexibility index (Phi) is 16.9. The zero-order valence-electron chi connectivity index (χ0n) is 30.4. The molecule has 0 aliphatic carbocycles. The van der Waals surface area contributed by atoms with E-state index >= 15 is 0 Å². The molecule has 0 radical (unpaired) electrons. The molecule has 0 amide bonds. The highest BCUT2D eigenvalue weighted by Crippen LogP contribution is 2.50. The third-order valence-electron chi connectivity index (χ3n) is 7.22. The second-order valence-electron chi connectivity index (χ2n) is 11.5. The summed E-state index contributed by atoms with van der Waals surface area (Å²) in [6.45, 7) is 12.2. The van der Waals surface area contributed by atoms with Gasteiger partial charge in [-0.2, -0.15) is 4.76 Å². The molecule has 4 aromatic carbocycles. The Labute approximate surface area is 309 Å². The van der Waals surface area contributed by atoms with Gasteiger partial charge in [-0.05, 0) is 86.1 Å². The summed E-state index contributed by atoms with van der Waals surface area (Å²) in [5, 5.41) is 2.59. The molecule has 52 heavy (non-hydrogen) atoms. The van der Waals surface area contributed by atoms with E-state index in [0.717, 1.165) is 17.6 Å². The Morgan fingerprint density at radius 2 is 1.10 bits per heavy atom. The molecule has 0 aliphatic rings. The Bertz CT molecular complexity index is 1820. The van der Waals surface area contributed by atoms with Gasteiger partial charge < -0.3 is 18.1 Å². The zero-order valence-corrected chi connectivity index (χ0v) is 32.2. The predicted octanol–water partition coefficient (Wildman–Crippen LogP) is 12.4. The lowest BCUT2D eigenvalue weighted by molar-refractivity contribution is 0.375. The summed E-state index contributed by atoms with van der Waals surface area (Å²) >= 11 is 0. The maximum atomic E-state index is 13.6. The number of para-hydroxylation sites is 4. The highest BCUT2D eigenvalue weighted by atomic mass is 31.2. The van der Waals surface area contributed by atoms with Crippen molar-refractivity contribution in [3.63, 3.8) is 0 Å². The highest BCUT2D eigenvalue weighted by Gasteiger charge is 2.29. The molecule has 8 nitrogen and oxygen atoms in total. The van der Waals surface area contributed by atoms with E-state index in [0.29, 0.717) is 23.0 Å². The molecule has 0 unspecified atom stereocenters. The smallest absolute Gasteiger partial charge is 0.405 e. The molecule has 272 valence electrons. The van der Waals surface area contributed by atoms with Crippen molar-refractivity contribution in [3.05, 3.63) is 182 Å². The number of hydrogen-bond acceptors (Lipinski definition) is 6. The maximum Gasteiger partial charge on any atom is 0.563 e. The van der Waals surface area contributed by atoms with Gasteiger partial charge in [0.15, 0.2) is 0 Å². The van der Waals surface area contributed by atoms with Crippen molar-refractivity contribution in [2.24, 2.45) is 10.2 Å². The number of hydrogen-bond donors (Lipinski definition) is 1. The first-order chi connectivity index (χ1) is 25.1. The van der Waals surface area contributed by atoms with Crippen molar-refractivity contribution in [1.82, 2.24) is 5.09 Å². The average Bonchev–Trinajstić information content (AvgIpc) is 3.14. The molecule has 4 aromatic rings. The lowest BCUT2D eigenvalue weighted by atomic mass is 9.76. The molecule has 0 bridgehead atoms. The van der Waals surface area contributed by atoms with E-state index in [9.17, 15) is 9.13 Å². The summed E-state index contributed by atoms with van der Waals surface area (Å²) in [7, 11) is -5.75. The quantitative estimate of drug-likeness (QED) is 0.0654. The van der Waals surface area contributed by atoms with Crippen LogP contribution < -0.4 is 23.2 Å². The first-order valence-electron chi connectivity index (χ1n) is 16.8. The summed E-state index contributed by atoms with van der Waals surface area (Å²) in [5.74, 6) is 1.81. The van der Waals surface area contributed by atoms with Crippen LogP contribution in [0.25, 0.3) is 0 Å². The van der Waals surface area contributed by atoms with Crippen molar-refractivity contribution in [3.8, 4) is 23.0 Å². The second-order valence-corrected chi connectivity index (χ2v) is 14.8. The minimum absolute atomic E-state index is 0.344. The van der Waals surface area contributed by atoms with Gasteiger partial charge in [-0.1, -0.05) is 137 Å². The molecule has 0 aliphatic heterocycles. The van der Waals surface area contributed by atoms with Crippen LogP contribution in [0.1, 0.15) is 34.1 Å². The lowest BCUT2D eigenvalue weighted by Crippen LogP contribution is -2.16. The maximum absolute atomic E-state index is 13.6. The summed E-state index contributed by atoms with van der Waals surface area (Å²) in [5.41, 5.74) is 1.74. The molecule has 0 heterocycles. The van der Waals surface area contributed by atoms with Crippen molar-refractivity contribution in [1.29, 1.82) is 0 Å². The zero-order chi connectivity index (χ0) is 37.7. The second kappa shape index (κ2) is 21.3. The summed E-state index contributed by atoms with van der Waals surface area (Å²) in [4.78, 5) is 0. The third-order valence-corrected chi connectivity index (χ3v) is 9.97. The lowest BCUT2D eigenvalue weighted by Gasteiger charge is -2.28. The van der Waals surface area contributed by atoms with Crippen molar-refractivity contribution < 1.29 is 27.2 Å². The molecule has 1 N–H and O–H groups in total. The number of nitrogens with one attached hydrogen (secondary N) is 1. The van der Waals surface area contributed by atoms with Crippen LogP contribution in [0.5, 0.6) is 23.0 Å². The van der Waals surface area contributed by atoms with E-state index in [1.807, 2.05) is 49.4 Å². The fourth-order valence-corrected chi connectivity index (χ4v) is 6.66. The van der Waals surface area contributed by atoms with Gasteiger partial charge in [0.05, 0.1) is 0 Å². The Morgan fingerprint density at radius 3 is 1.46 bits per heavy atom. The standard InChI is InChI=1S/C29H34NO3P.C13H14NO3P/c1-6-9-18-26(29(4,5)25(16-7-2)17-8-3)23-24-30-34(31,32-27-19-12-10-13-20-27)33-28-21-14-11-15-22-28;1-14-18(15,16-12-8-4-2-5-9-12)17-13-10-6-3-7-11-13/h7-24H,2,6H2,1,3-5H3;2-11H,1H3,(H,14,15)/b17-8-,18-9-,25-16+,26-23+,30-24+;. The third kappa shape index (κ3) is 13.9. The fraction of sp³-hybridized carbons (Fsp3) is 0.167. The predicted molar refractivity (Wildman–Crippen MR) is 215 cm³/mol. The molecule has 0 aromatic heterocycles. The number of nitrogens with zero attached hydrogens (tertiary/aromatic N) is 1. The largest absolute Gasteiger partial charge is 0.563 e. The van der Waals surface area contributed by atoms with Crippen LogP contribution in [0, 0.1) is 5.41 Å². The van der Waals surface area contributed by atoms with Gasteiger partial charge in [-0.25, -0.2) is 14.2 Å². The first kappa shape index (κ1) is 41.3. The molecule has 10 heteroatoms. The van der Waals surface area contributed by atoms with Gasteiger partial charge in [-0.15, -0.1) is 0 Å². The van der Waals surface area contributed by atoms with E-state index in [1.165, 1.54) is 13.3 Å². The Balaban J connectivity index is 0.000000338. The van der Waals surface area contributed by atoms with Crippen LogP contribution in [0.4, 0.5) is 0 Å². The molecule has 4 rings (SSSR count). The molecule has 0 spiro atoms. The molecular formula is C42H48N2O6P2. The molecule has 0 atom stereocenters. The Morgan fingerprint density at radius 1 is 0.692 bits per heavy atom. The van der Waals surface area contributed by atoms with Gasteiger partial charge in [0.1, 0.15) is 23.0 Å². The molecule has 0 saturated carbocycles. The summed E-state index contributed by atoms with van der Waals surface area (Å²) in [6, 6.07) is 35.6. The Hall–Kier alpha value is -5.13. The van der Waals surface area contributed by atoms with Crippen LogP contribution in [0.2, 0.25) is 0 Å². The van der Waals surface area contributed by atoms with E-state index in [1.54, 1.807) is 103 Å². The van der Waals surface area contributed by atoms with E-state index < -0.39 is 15.5 Å². The average molecular weight is 739 g/mol. The topological polar surface area (TPSA) is 95.5 Å². The number of allylic oxidation sites excluding steroid dienone is 9. The SMILES string of the molecule is C=C/C=C(\C=C/C)C(C)(C)C(/C=C\CC)=C/C=N/P(=O)(Oc1ccccc1)Oc1ccccc1.CNP(=O)(Oc1ccccc1)Oc1ccccc1. The van der Waals surface area contributed by atoms with E-state index in [2.05, 4.69) is 55.4 Å². The van der Waals surface area contributed by atoms with Gasteiger partial charge in [0.25, 0.3) is 0 Å². The van der Waals surface area contributed by atoms with Gasteiger partial charge in [0, 0.05) is 11.6 Å². The van der Waals surface area contributed by atoms with Crippen molar-refractivity contribution in [2.75, 3.05) is 7.05 Å². The highest BCUT2D eigenvalue weighted by molar-refractivity contribution is 7.53. The van der Waals surface area contributed by atoms with Crippen LogP contribution in [-0.4, -0.2) is 13.3 Å². The number of benzene rings is 4. The van der Waals surface area contributed by atoms with E-state index in [4.69, 9.17) is 18.1 Å². The van der Waals surface area contributed by atoms with E-state index in [-0.39, 0.29) is 5.41 Å².